The third-order valence-electron chi connectivity index (χ3n) is 6.48. The molecule has 6 heteroatoms. The van der Waals surface area contributed by atoms with Gasteiger partial charge in [0.05, 0.1) is 20.1 Å². The molecule has 0 amide bonds. The lowest BCUT2D eigenvalue weighted by atomic mass is 9.97. The summed E-state index contributed by atoms with van der Waals surface area (Å²) < 4.78 is 16.4. The fourth-order valence-corrected chi connectivity index (χ4v) is 4.16. The van der Waals surface area contributed by atoms with Crippen molar-refractivity contribution in [2.24, 2.45) is 5.92 Å². The van der Waals surface area contributed by atoms with Crippen molar-refractivity contribution < 1.29 is 28.9 Å². The first-order valence-electron chi connectivity index (χ1n) is 13.5. The van der Waals surface area contributed by atoms with E-state index in [0.717, 1.165) is 34.9 Å². The molecule has 0 spiro atoms. The number of hydrogen-bond acceptors (Lipinski definition) is 6. The summed E-state index contributed by atoms with van der Waals surface area (Å²) in [6.07, 6.45) is 8.19. The van der Waals surface area contributed by atoms with Crippen molar-refractivity contribution in [2.45, 2.75) is 40.0 Å². The minimum Gasteiger partial charge on any atom is -0.508 e. The van der Waals surface area contributed by atoms with Crippen LogP contribution in [0.25, 0.3) is 12.2 Å². The van der Waals surface area contributed by atoms with E-state index < -0.39 is 17.7 Å². The van der Waals surface area contributed by atoms with Gasteiger partial charge in [0.15, 0.2) is 17.3 Å². The zero-order chi connectivity index (χ0) is 29.9. The van der Waals surface area contributed by atoms with E-state index in [-0.39, 0.29) is 5.76 Å². The number of esters is 1. The Bertz CT molecular complexity index is 1440. The molecule has 1 unspecified atom stereocenters. The van der Waals surface area contributed by atoms with E-state index in [2.05, 4.69) is 26.0 Å². The first-order chi connectivity index (χ1) is 19.6. The third kappa shape index (κ3) is 9.24. The standard InChI is InChI=1S/C35H38O6/c1-23(2)19-26-9-14-29(15-10-26)25(4)35(38)41-32-18-13-28(21-34(32)40-6)12-17-31(37)22-30(36)16-11-27-8-7-24(3)33(20-27)39-5/h7-18,20-23,25,36H,19H2,1-6H3/b16-11+,17-12+,30-22-. The van der Waals surface area contributed by atoms with Crippen LogP contribution in [0.5, 0.6) is 17.2 Å². The smallest absolute Gasteiger partial charge is 0.318 e. The highest BCUT2D eigenvalue weighted by Gasteiger charge is 2.19. The van der Waals surface area contributed by atoms with Gasteiger partial charge in [0.2, 0.25) is 0 Å². The van der Waals surface area contributed by atoms with E-state index >= 15 is 0 Å². The van der Waals surface area contributed by atoms with Gasteiger partial charge in [-0.3, -0.25) is 9.59 Å². The van der Waals surface area contributed by atoms with Crippen LogP contribution < -0.4 is 14.2 Å². The molecule has 1 atom stereocenters. The van der Waals surface area contributed by atoms with Crippen LogP contribution in [0.3, 0.4) is 0 Å². The molecule has 0 aliphatic carbocycles. The molecule has 0 aliphatic rings. The second-order valence-electron chi connectivity index (χ2n) is 10.3. The highest BCUT2D eigenvalue weighted by molar-refractivity contribution is 6.02. The van der Waals surface area contributed by atoms with Crippen LogP contribution >= 0.6 is 0 Å². The predicted molar refractivity (Wildman–Crippen MR) is 164 cm³/mol. The predicted octanol–water partition coefficient (Wildman–Crippen LogP) is 7.66. The maximum atomic E-state index is 12.9. The zero-order valence-corrected chi connectivity index (χ0v) is 24.5. The summed E-state index contributed by atoms with van der Waals surface area (Å²) in [5, 5.41) is 10.2. The van der Waals surface area contributed by atoms with E-state index in [1.807, 2.05) is 44.2 Å². The molecule has 3 aromatic rings. The van der Waals surface area contributed by atoms with Crippen molar-refractivity contribution in [1.82, 2.24) is 0 Å². The monoisotopic (exact) mass is 554 g/mol. The Balaban J connectivity index is 1.63. The number of hydrogen-bond donors (Lipinski definition) is 1. The summed E-state index contributed by atoms with van der Waals surface area (Å²) in [6, 6.07) is 18.7. The topological polar surface area (TPSA) is 82.1 Å². The SMILES string of the molecule is COc1cc(/C=C/C(O)=C/C(=O)/C=C/c2ccc(OC(=O)C(C)c3ccc(CC(C)C)cc3)c(OC)c2)ccc1C. The Morgan fingerprint density at radius 2 is 1.41 bits per heavy atom. The van der Waals surface area contributed by atoms with Crippen molar-refractivity contribution in [2.75, 3.05) is 14.2 Å². The molecule has 41 heavy (non-hydrogen) atoms. The summed E-state index contributed by atoms with van der Waals surface area (Å²) in [7, 11) is 3.09. The van der Waals surface area contributed by atoms with Gasteiger partial charge >= 0.3 is 5.97 Å². The number of rotatable bonds is 12. The molecule has 6 nitrogen and oxygen atoms in total. The molecular formula is C35H38O6. The largest absolute Gasteiger partial charge is 0.508 e. The van der Waals surface area contributed by atoms with Gasteiger partial charge in [-0.2, -0.15) is 0 Å². The lowest BCUT2D eigenvalue weighted by Crippen LogP contribution is -2.16. The van der Waals surface area contributed by atoms with Gasteiger partial charge in [0.25, 0.3) is 0 Å². The Morgan fingerprint density at radius 1 is 0.805 bits per heavy atom. The van der Waals surface area contributed by atoms with Crippen LogP contribution in [-0.2, 0) is 16.0 Å². The maximum Gasteiger partial charge on any atom is 0.318 e. The van der Waals surface area contributed by atoms with Gasteiger partial charge in [-0.1, -0.05) is 68.5 Å². The second-order valence-corrected chi connectivity index (χ2v) is 10.3. The highest BCUT2D eigenvalue weighted by Crippen LogP contribution is 2.30. The van der Waals surface area contributed by atoms with Crippen LogP contribution in [0, 0.1) is 12.8 Å². The van der Waals surface area contributed by atoms with E-state index in [1.165, 1.54) is 24.8 Å². The number of allylic oxidation sites excluding steroid dienone is 3. The summed E-state index contributed by atoms with van der Waals surface area (Å²) in [5.74, 6) is 0.545. The van der Waals surface area contributed by atoms with Crippen molar-refractivity contribution in [1.29, 1.82) is 0 Å². The summed E-state index contributed by atoms with van der Waals surface area (Å²) in [4.78, 5) is 25.2. The van der Waals surface area contributed by atoms with E-state index in [1.54, 1.807) is 37.5 Å². The molecule has 0 fully saturated rings. The molecule has 3 aromatic carbocycles. The molecule has 1 N–H and O–H groups in total. The molecule has 0 saturated carbocycles. The molecule has 0 aromatic heterocycles. The van der Waals surface area contributed by atoms with Gasteiger partial charge in [-0.25, -0.2) is 0 Å². The number of methoxy groups -OCH3 is 2. The van der Waals surface area contributed by atoms with Gasteiger partial charge in [-0.15, -0.1) is 0 Å². The molecule has 3 rings (SSSR count). The molecule has 214 valence electrons. The number of ketones is 1. The molecule has 0 bridgehead atoms. The number of carbonyl (C=O) groups is 2. The third-order valence-corrected chi connectivity index (χ3v) is 6.48. The average Bonchev–Trinajstić information content (AvgIpc) is 2.95. The fourth-order valence-electron chi connectivity index (χ4n) is 4.16. The quantitative estimate of drug-likeness (QED) is 0.0814. The van der Waals surface area contributed by atoms with Gasteiger partial charge in [0, 0.05) is 6.08 Å². The Hall–Kier alpha value is -4.58. The van der Waals surface area contributed by atoms with Crippen molar-refractivity contribution in [3.8, 4) is 17.2 Å². The molecular weight excluding hydrogens is 516 g/mol. The fraction of sp³-hybridized carbons (Fsp3) is 0.257. The van der Waals surface area contributed by atoms with Crippen LogP contribution in [0.2, 0.25) is 0 Å². The number of aliphatic hydroxyl groups is 1. The van der Waals surface area contributed by atoms with Crippen LogP contribution in [0.1, 0.15) is 54.5 Å². The van der Waals surface area contributed by atoms with Crippen molar-refractivity contribution in [3.05, 3.63) is 112 Å². The van der Waals surface area contributed by atoms with E-state index in [4.69, 9.17) is 14.2 Å². The van der Waals surface area contributed by atoms with Crippen LogP contribution in [-0.4, -0.2) is 31.1 Å². The first kappa shape index (κ1) is 31.0. The normalized spacial score (nSPS) is 12.6. The zero-order valence-electron chi connectivity index (χ0n) is 24.5. The van der Waals surface area contributed by atoms with Crippen LogP contribution in [0.15, 0.2) is 84.7 Å². The van der Waals surface area contributed by atoms with Gasteiger partial charge in [0.1, 0.15) is 11.5 Å². The van der Waals surface area contributed by atoms with Crippen molar-refractivity contribution in [3.63, 3.8) is 0 Å². The van der Waals surface area contributed by atoms with Gasteiger partial charge in [-0.05, 0) is 84.4 Å². The Labute approximate surface area is 242 Å². The average molecular weight is 555 g/mol. The number of carbonyl (C=O) groups excluding carboxylic acids is 2. The Kier molecular flexibility index (Phi) is 11.1. The Morgan fingerprint density at radius 3 is 2.05 bits per heavy atom. The minimum absolute atomic E-state index is 0.178. The van der Waals surface area contributed by atoms with Gasteiger partial charge < -0.3 is 19.3 Å². The first-order valence-corrected chi connectivity index (χ1v) is 13.5. The molecule has 0 saturated heterocycles. The minimum atomic E-state index is -0.452. The van der Waals surface area contributed by atoms with E-state index in [0.29, 0.717) is 23.0 Å². The molecule has 0 radical (unpaired) electrons. The highest BCUT2D eigenvalue weighted by atomic mass is 16.6. The van der Waals surface area contributed by atoms with E-state index in [9.17, 15) is 14.7 Å². The number of aliphatic hydroxyl groups excluding tert-OH is 1. The number of ether oxygens (including phenoxy) is 3. The summed E-state index contributed by atoms with van der Waals surface area (Å²) >= 11 is 0. The van der Waals surface area contributed by atoms with Crippen LogP contribution in [0.4, 0.5) is 0 Å². The maximum absolute atomic E-state index is 12.9. The second kappa shape index (κ2) is 14.7. The molecule has 0 heterocycles. The summed E-state index contributed by atoms with van der Waals surface area (Å²) in [5.41, 5.74) is 4.61. The lowest BCUT2D eigenvalue weighted by Gasteiger charge is -2.15. The van der Waals surface area contributed by atoms with Crippen molar-refractivity contribution >= 4 is 23.9 Å². The number of benzene rings is 3. The lowest BCUT2D eigenvalue weighted by molar-refractivity contribution is -0.135. The molecule has 0 aliphatic heterocycles. The summed E-state index contributed by atoms with van der Waals surface area (Å²) in [6.45, 7) is 8.10. The number of aryl methyl sites for hydroxylation is 1.